The Hall–Kier alpha value is -6.04. The molecule has 8 amide bonds. The summed E-state index contributed by atoms with van der Waals surface area (Å²) in [6.45, 7) is 1.79. The number of anilines is 6. The van der Waals surface area contributed by atoms with Crippen LogP contribution in [-0.2, 0) is 19.2 Å². The van der Waals surface area contributed by atoms with E-state index in [2.05, 4.69) is 21.3 Å². The van der Waals surface area contributed by atoms with E-state index < -0.39 is 35.7 Å². The molecule has 3 aromatic carbocycles. The van der Waals surface area contributed by atoms with Crippen molar-refractivity contribution in [1.29, 1.82) is 0 Å². The summed E-state index contributed by atoms with van der Waals surface area (Å²) in [6.07, 6.45) is 4.76. The molecular weight excluding hydrogens is 528 g/mol. The van der Waals surface area contributed by atoms with E-state index in [4.69, 9.17) is 0 Å². The Kier molecular flexibility index (Phi) is 7.11. The van der Waals surface area contributed by atoms with Gasteiger partial charge in [0.15, 0.2) is 0 Å². The maximum Gasteiger partial charge on any atom is 0.323 e. The van der Waals surface area contributed by atoms with Gasteiger partial charge in [-0.25, -0.2) is 19.4 Å². The molecule has 2 aliphatic rings. The van der Waals surface area contributed by atoms with E-state index >= 15 is 0 Å². The van der Waals surface area contributed by atoms with Crippen LogP contribution in [0.1, 0.15) is 5.56 Å². The fraction of sp³-hybridized carbons (Fsp3) is 0.0345. The van der Waals surface area contributed by atoms with Crippen LogP contribution < -0.4 is 31.1 Å². The second kappa shape index (κ2) is 11.0. The summed E-state index contributed by atoms with van der Waals surface area (Å²) in [5, 5.41) is 10.8. The van der Waals surface area contributed by atoms with Gasteiger partial charge in [0.1, 0.15) is 0 Å². The largest absolute Gasteiger partial charge is 0.323 e. The topological polar surface area (TPSA) is 157 Å². The van der Waals surface area contributed by atoms with Gasteiger partial charge >= 0.3 is 12.1 Å². The van der Waals surface area contributed by atoms with Crippen molar-refractivity contribution in [2.75, 3.05) is 31.1 Å². The maximum absolute atomic E-state index is 12.6. The molecule has 0 aliphatic carbocycles. The first-order valence-corrected chi connectivity index (χ1v) is 12.3. The van der Waals surface area contributed by atoms with E-state index in [1.54, 1.807) is 73.7 Å². The van der Waals surface area contributed by atoms with Crippen LogP contribution in [0.2, 0.25) is 0 Å². The minimum absolute atomic E-state index is 0.383. The van der Waals surface area contributed by atoms with Gasteiger partial charge in [-0.15, -0.1) is 0 Å². The lowest BCUT2D eigenvalue weighted by molar-refractivity contribution is -0.121. The molecule has 5 rings (SSSR count). The summed E-state index contributed by atoms with van der Waals surface area (Å²) in [6, 6.07) is 16.3. The molecule has 0 radical (unpaired) electrons. The van der Waals surface area contributed by atoms with Crippen LogP contribution in [0.3, 0.4) is 0 Å². The number of imide groups is 2. The van der Waals surface area contributed by atoms with Crippen molar-refractivity contribution in [3.05, 3.63) is 96.6 Å². The van der Waals surface area contributed by atoms with Gasteiger partial charge in [0.2, 0.25) is 0 Å². The fourth-order valence-electron chi connectivity index (χ4n) is 4.11. The molecular formula is C29H22N6O6. The zero-order chi connectivity index (χ0) is 29.1. The molecule has 0 fully saturated rings. The molecule has 12 heteroatoms. The highest BCUT2D eigenvalue weighted by Crippen LogP contribution is 2.24. The number of carbonyl (C=O) groups excluding carboxylic acids is 6. The summed E-state index contributed by atoms with van der Waals surface area (Å²) in [4.78, 5) is 74.5. The average molecular weight is 551 g/mol. The molecule has 0 spiro atoms. The quantitative estimate of drug-likeness (QED) is 0.338. The molecule has 4 N–H and O–H groups in total. The number of aryl methyl sites for hydroxylation is 1. The molecule has 0 unspecified atom stereocenters. The first-order valence-electron chi connectivity index (χ1n) is 12.3. The molecule has 0 atom stereocenters. The monoisotopic (exact) mass is 550 g/mol. The van der Waals surface area contributed by atoms with Crippen LogP contribution in [0.5, 0.6) is 0 Å². The van der Waals surface area contributed by atoms with E-state index in [0.29, 0.717) is 34.1 Å². The van der Waals surface area contributed by atoms with Crippen molar-refractivity contribution in [3.8, 4) is 0 Å². The molecule has 0 aromatic heterocycles. The first kappa shape index (κ1) is 26.6. The average Bonchev–Trinajstić information content (AvgIpc) is 3.46. The normalized spacial score (nSPS) is 14.1. The highest BCUT2D eigenvalue weighted by atomic mass is 16.2. The molecule has 3 aromatic rings. The molecule has 2 aliphatic heterocycles. The van der Waals surface area contributed by atoms with Crippen LogP contribution in [-0.4, -0.2) is 35.7 Å². The second-order valence-electron chi connectivity index (χ2n) is 8.97. The van der Waals surface area contributed by atoms with Gasteiger partial charge in [-0.1, -0.05) is 6.07 Å². The van der Waals surface area contributed by atoms with Gasteiger partial charge < -0.3 is 21.3 Å². The van der Waals surface area contributed by atoms with Gasteiger partial charge in [-0.05, 0) is 73.2 Å². The number of hydrogen-bond donors (Lipinski definition) is 4. The summed E-state index contributed by atoms with van der Waals surface area (Å²) in [7, 11) is 0. The lowest BCUT2D eigenvalue weighted by Crippen LogP contribution is -2.29. The van der Waals surface area contributed by atoms with Crippen molar-refractivity contribution >= 4 is 69.8 Å². The highest BCUT2D eigenvalue weighted by Gasteiger charge is 2.26. The molecule has 204 valence electrons. The predicted molar refractivity (Wildman–Crippen MR) is 153 cm³/mol. The standard InChI is InChI=1S/C29H22N6O6/c1-17-2-3-20(32-28(40)30-18-4-8-21(9-5-18)34-24(36)12-13-25(34)37)16-23(17)33-29(41)31-19-6-10-22(11-7-19)35-26(38)14-15-27(35)39/h2-16H,1H3,(H2,30,32,40)(H2,31,33,41). The number of rotatable bonds is 6. The fourth-order valence-corrected chi connectivity index (χ4v) is 4.11. The van der Waals surface area contributed by atoms with Gasteiger partial charge in [0.05, 0.1) is 11.4 Å². The Labute approximate surface area is 233 Å². The zero-order valence-electron chi connectivity index (χ0n) is 21.5. The third-order valence-corrected chi connectivity index (χ3v) is 6.13. The Balaban J connectivity index is 1.17. The number of nitrogens with one attached hydrogen (secondary N) is 4. The van der Waals surface area contributed by atoms with Crippen molar-refractivity contribution in [2.24, 2.45) is 0 Å². The zero-order valence-corrected chi connectivity index (χ0v) is 21.5. The molecule has 2 heterocycles. The highest BCUT2D eigenvalue weighted by molar-refractivity contribution is 6.28. The number of benzene rings is 3. The Morgan fingerprint density at radius 2 is 0.878 bits per heavy atom. The van der Waals surface area contributed by atoms with Crippen LogP contribution in [0, 0.1) is 6.92 Å². The number of nitrogens with zero attached hydrogens (tertiary/aromatic N) is 2. The van der Waals surface area contributed by atoms with E-state index in [1.165, 1.54) is 24.3 Å². The first-order chi connectivity index (χ1) is 19.7. The van der Waals surface area contributed by atoms with E-state index in [9.17, 15) is 28.8 Å². The second-order valence-corrected chi connectivity index (χ2v) is 8.97. The molecule has 0 saturated carbocycles. The van der Waals surface area contributed by atoms with Crippen LogP contribution in [0.15, 0.2) is 91.0 Å². The van der Waals surface area contributed by atoms with Crippen LogP contribution >= 0.6 is 0 Å². The van der Waals surface area contributed by atoms with Gasteiger partial charge in [0.25, 0.3) is 23.6 Å². The lowest BCUT2D eigenvalue weighted by Gasteiger charge is -2.15. The summed E-state index contributed by atoms with van der Waals surface area (Å²) in [5.74, 6) is -1.74. The minimum Gasteiger partial charge on any atom is -0.308 e. The van der Waals surface area contributed by atoms with Crippen LogP contribution in [0.4, 0.5) is 43.7 Å². The van der Waals surface area contributed by atoms with Crippen LogP contribution in [0.25, 0.3) is 0 Å². The Morgan fingerprint density at radius 1 is 0.512 bits per heavy atom. The summed E-state index contributed by atoms with van der Waals surface area (Å²) < 4.78 is 0. The third kappa shape index (κ3) is 5.86. The number of amides is 8. The number of hydrogen-bond acceptors (Lipinski definition) is 6. The summed E-state index contributed by atoms with van der Waals surface area (Å²) >= 11 is 0. The summed E-state index contributed by atoms with van der Waals surface area (Å²) in [5.41, 5.74) is 3.25. The maximum atomic E-state index is 12.6. The predicted octanol–water partition coefficient (Wildman–Crippen LogP) is 4.14. The van der Waals surface area contributed by atoms with E-state index in [1.807, 2.05) is 0 Å². The minimum atomic E-state index is -0.544. The molecule has 0 bridgehead atoms. The Bertz CT molecular complexity index is 1620. The SMILES string of the molecule is Cc1ccc(NC(=O)Nc2ccc(N3C(=O)C=CC3=O)cc2)cc1NC(=O)Nc1ccc(N2C(=O)C=CC2=O)cc1. The molecule has 12 nitrogen and oxygen atoms in total. The van der Waals surface area contributed by atoms with E-state index in [0.717, 1.165) is 15.4 Å². The van der Waals surface area contributed by atoms with Crippen molar-refractivity contribution < 1.29 is 28.8 Å². The Morgan fingerprint density at radius 3 is 1.32 bits per heavy atom. The smallest absolute Gasteiger partial charge is 0.308 e. The van der Waals surface area contributed by atoms with E-state index in [-0.39, 0.29) is 0 Å². The third-order valence-electron chi connectivity index (χ3n) is 6.13. The van der Waals surface area contributed by atoms with Crippen molar-refractivity contribution in [3.63, 3.8) is 0 Å². The number of carbonyl (C=O) groups is 6. The van der Waals surface area contributed by atoms with Crippen molar-refractivity contribution in [1.82, 2.24) is 0 Å². The molecule has 41 heavy (non-hydrogen) atoms. The van der Waals surface area contributed by atoms with Gasteiger partial charge in [-0.3, -0.25) is 19.2 Å². The number of urea groups is 2. The van der Waals surface area contributed by atoms with Gasteiger partial charge in [0, 0.05) is 47.1 Å². The molecule has 0 saturated heterocycles. The lowest BCUT2D eigenvalue weighted by atomic mass is 10.2. The van der Waals surface area contributed by atoms with Gasteiger partial charge in [-0.2, -0.15) is 0 Å². The van der Waals surface area contributed by atoms with Crippen molar-refractivity contribution in [2.45, 2.75) is 6.92 Å².